The van der Waals surface area contributed by atoms with E-state index in [4.69, 9.17) is 9.47 Å². The minimum atomic E-state index is -0.365. The number of hydrogen-bond acceptors (Lipinski definition) is 4. The second-order valence-electron chi connectivity index (χ2n) is 6.01. The molecule has 140 valence electrons. The largest absolute Gasteiger partial charge is 0.493 e. The van der Waals surface area contributed by atoms with E-state index in [-0.39, 0.29) is 11.9 Å². The van der Waals surface area contributed by atoms with Crippen LogP contribution in [0.5, 0.6) is 11.5 Å². The number of hydrogen-bond donors (Lipinski definition) is 1. The average Bonchev–Trinajstić information content (AvgIpc) is 3.12. The van der Waals surface area contributed by atoms with Gasteiger partial charge >= 0.3 is 0 Å². The Morgan fingerprint density at radius 3 is 2.59 bits per heavy atom. The summed E-state index contributed by atoms with van der Waals surface area (Å²) in [6, 6.07) is 14.6. The number of ether oxygens (including phenoxy) is 2. The molecule has 6 nitrogen and oxygen atoms in total. The highest BCUT2D eigenvalue weighted by Gasteiger charge is 2.22. The zero-order valence-electron chi connectivity index (χ0n) is 15.7. The number of carbonyl (C=O) groups excluding carboxylic acids is 1. The van der Waals surface area contributed by atoms with Crippen LogP contribution in [-0.2, 0) is 7.05 Å². The van der Waals surface area contributed by atoms with Gasteiger partial charge in [0, 0.05) is 25.0 Å². The molecule has 0 aliphatic carbocycles. The standard InChI is InChI=1S/C21H23N3O3/c1-4-27-17-11-10-16(14-18(17)26-3)21(25)23-19(15-8-6-5-7-9-15)20-22-12-13-24(20)2/h5-14,19H,4H2,1-3H3,(H,23,25)/t19-/m0/s1. The van der Waals surface area contributed by atoms with Gasteiger partial charge in [0.1, 0.15) is 11.9 Å². The Kier molecular flexibility index (Phi) is 5.76. The molecule has 0 spiro atoms. The van der Waals surface area contributed by atoms with Crippen LogP contribution in [-0.4, -0.2) is 29.2 Å². The first kappa shape index (κ1) is 18.5. The smallest absolute Gasteiger partial charge is 0.252 e. The molecule has 0 radical (unpaired) electrons. The van der Waals surface area contributed by atoms with Crippen molar-refractivity contribution < 1.29 is 14.3 Å². The summed E-state index contributed by atoms with van der Waals surface area (Å²) in [6.45, 7) is 2.43. The van der Waals surface area contributed by atoms with Crippen molar-refractivity contribution in [2.75, 3.05) is 13.7 Å². The topological polar surface area (TPSA) is 65.4 Å². The molecule has 2 aromatic carbocycles. The molecular formula is C21H23N3O3. The Hall–Kier alpha value is -3.28. The van der Waals surface area contributed by atoms with Crippen molar-refractivity contribution in [2.24, 2.45) is 7.05 Å². The zero-order chi connectivity index (χ0) is 19.2. The first-order valence-electron chi connectivity index (χ1n) is 8.78. The number of aromatic nitrogens is 2. The highest BCUT2D eigenvalue weighted by molar-refractivity contribution is 5.95. The zero-order valence-corrected chi connectivity index (χ0v) is 15.7. The molecule has 0 unspecified atom stereocenters. The Morgan fingerprint density at radius 2 is 1.96 bits per heavy atom. The number of imidazole rings is 1. The van der Waals surface area contributed by atoms with Crippen LogP contribution in [0, 0.1) is 0 Å². The van der Waals surface area contributed by atoms with Crippen LogP contribution in [0.3, 0.4) is 0 Å². The van der Waals surface area contributed by atoms with Gasteiger partial charge in [0.05, 0.1) is 13.7 Å². The van der Waals surface area contributed by atoms with Crippen molar-refractivity contribution in [1.29, 1.82) is 0 Å². The van der Waals surface area contributed by atoms with Gasteiger partial charge in [0.2, 0.25) is 0 Å². The molecule has 0 fully saturated rings. The number of benzene rings is 2. The summed E-state index contributed by atoms with van der Waals surface area (Å²) in [4.78, 5) is 17.3. The Bertz CT molecular complexity index is 906. The van der Waals surface area contributed by atoms with E-state index in [0.717, 1.165) is 11.4 Å². The quantitative estimate of drug-likeness (QED) is 0.697. The number of amides is 1. The van der Waals surface area contributed by atoms with Crippen LogP contribution in [0.4, 0.5) is 0 Å². The lowest BCUT2D eigenvalue weighted by Crippen LogP contribution is -2.31. The number of rotatable bonds is 7. The maximum atomic E-state index is 12.9. The highest BCUT2D eigenvalue weighted by atomic mass is 16.5. The Labute approximate surface area is 158 Å². The fourth-order valence-electron chi connectivity index (χ4n) is 2.90. The van der Waals surface area contributed by atoms with Crippen molar-refractivity contribution in [2.45, 2.75) is 13.0 Å². The van der Waals surface area contributed by atoms with E-state index in [1.165, 1.54) is 0 Å². The van der Waals surface area contributed by atoms with Crippen LogP contribution < -0.4 is 14.8 Å². The summed E-state index contributed by atoms with van der Waals surface area (Å²) in [5.74, 6) is 1.68. The molecule has 3 rings (SSSR count). The van der Waals surface area contributed by atoms with E-state index in [1.807, 2.05) is 55.1 Å². The lowest BCUT2D eigenvalue weighted by Gasteiger charge is -2.19. The number of aryl methyl sites for hydroxylation is 1. The van der Waals surface area contributed by atoms with Gasteiger partial charge in [-0.3, -0.25) is 4.79 Å². The third-order valence-corrected chi connectivity index (χ3v) is 4.25. The molecule has 0 bridgehead atoms. The van der Waals surface area contributed by atoms with Gasteiger partial charge < -0.3 is 19.4 Å². The minimum absolute atomic E-state index is 0.215. The monoisotopic (exact) mass is 365 g/mol. The van der Waals surface area contributed by atoms with Crippen molar-refractivity contribution in [3.8, 4) is 11.5 Å². The first-order valence-corrected chi connectivity index (χ1v) is 8.78. The molecule has 0 saturated heterocycles. The molecule has 0 aliphatic heterocycles. The number of nitrogens with one attached hydrogen (secondary N) is 1. The predicted octanol–water partition coefficient (Wildman–Crippen LogP) is 3.35. The second kappa shape index (κ2) is 8.40. The van der Waals surface area contributed by atoms with Crippen LogP contribution in [0.2, 0.25) is 0 Å². The van der Waals surface area contributed by atoms with E-state index in [1.54, 1.807) is 31.5 Å². The minimum Gasteiger partial charge on any atom is -0.493 e. The lowest BCUT2D eigenvalue weighted by atomic mass is 10.1. The van der Waals surface area contributed by atoms with E-state index >= 15 is 0 Å². The number of methoxy groups -OCH3 is 1. The highest BCUT2D eigenvalue weighted by Crippen LogP contribution is 2.28. The van der Waals surface area contributed by atoms with E-state index < -0.39 is 0 Å². The summed E-state index contributed by atoms with van der Waals surface area (Å²) < 4.78 is 12.8. The van der Waals surface area contributed by atoms with E-state index in [0.29, 0.717) is 23.7 Å². The number of carbonyl (C=O) groups is 1. The SMILES string of the molecule is CCOc1ccc(C(=O)N[C@@H](c2ccccc2)c2nccn2C)cc1OC. The van der Waals surface area contributed by atoms with Crippen LogP contribution in [0.25, 0.3) is 0 Å². The molecule has 0 aliphatic rings. The van der Waals surface area contributed by atoms with Gasteiger partial charge in [-0.2, -0.15) is 0 Å². The summed E-state index contributed by atoms with van der Waals surface area (Å²) in [5, 5.41) is 3.08. The third kappa shape index (κ3) is 4.11. The van der Waals surface area contributed by atoms with Crippen molar-refractivity contribution in [1.82, 2.24) is 14.9 Å². The average molecular weight is 365 g/mol. The van der Waals surface area contributed by atoms with E-state index in [9.17, 15) is 4.79 Å². The van der Waals surface area contributed by atoms with Gasteiger partial charge in [-0.1, -0.05) is 30.3 Å². The molecule has 1 heterocycles. The maximum absolute atomic E-state index is 12.9. The fraction of sp³-hybridized carbons (Fsp3) is 0.238. The van der Waals surface area contributed by atoms with Gasteiger partial charge in [-0.05, 0) is 30.7 Å². The summed E-state index contributed by atoms with van der Waals surface area (Å²) in [5.41, 5.74) is 1.45. The van der Waals surface area contributed by atoms with Crippen LogP contribution >= 0.6 is 0 Å². The molecule has 1 N–H and O–H groups in total. The van der Waals surface area contributed by atoms with Gasteiger partial charge in [0.25, 0.3) is 5.91 Å². The summed E-state index contributed by atoms with van der Waals surface area (Å²) in [6.07, 6.45) is 3.58. The predicted molar refractivity (Wildman–Crippen MR) is 103 cm³/mol. The molecular weight excluding hydrogens is 342 g/mol. The normalized spacial score (nSPS) is 11.7. The van der Waals surface area contributed by atoms with Crippen molar-refractivity contribution >= 4 is 5.91 Å². The second-order valence-corrected chi connectivity index (χ2v) is 6.01. The molecule has 27 heavy (non-hydrogen) atoms. The Balaban J connectivity index is 1.90. The number of nitrogens with zero attached hydrogens (tertiary/aromatic N) is 2. The molecule has 1 amide bonds. The van der Waals surface area contributed by atoms with Crippen molar-refractivity contribution in [3.63, 3.8) is 0 Å². The first-order chi connectivity index (χ1) is 13.1. The van der Waals surface area contributed by atoms with Crippen LogP contribution in [0.1, 0.15) is 34.7 Å². The molecule has 3 aromatic rings. The van der Waals surface area contributed by atoms with Crippen molar-refractivity contribution in [3.05, 3.63) is 77.9 Å². The summed E-state index contributed by atoms with van der Waals surface area (Å²) in [7, 11) is 3.46. The fourth-order valence-corrected chi connectivity index (χ4v) is 2.90. The van der Waals surface area contributed by atoms with Crippen LogP contribution in [0.15, 0.2) is 60.9 Å². The van der Waals surface area contributed by atoms with Gasteiger partial charge in [-0.15, -0.1) is 0 Å². The Morgan fingerprint density at radius 1 is 1.19 bits per heavy atom. The third-order valence-electron chi connectivity index (χ3n) is 4.25. The molecule has 0 saturated carbocycles. The molecule has 6 heteroatoms. The summed E-state index contributed by atoms with van der Waals surface area (Å²) >= 11 is 0. The lowest BCUT2D eigenvalue weighted by molar-refractivity contribution is 0.0940. The van der Waals surface area contributed by atoms with E-state index in [2.05, 4.69) is 10.3 Å². The molecule has 1 aromatic heterocycles. The van der Waals surface area contributed by atoms with Gasteiger partial charge in [-0.25, -0.2) is 4.98 Å². The molecule has 1 atom stereocenters. The van der Waals surface area contributed by atoms with Gasteiger partial charge in [0.15, 0.2) is 11.5 Å². The maximum Gasteiger partial charge on any atom is 0.252 e.